The summed E-state index contributed by atoms with van der Waals surface area (Å²) in [7, 11) is 0. The lowest BCUT2D eigenvalue weighted by Crippen LogP contribution is -2.53. The number of carbonyl (C=O) groups excluding carboxylic acids is 2. The molecule has 5 nitrogen and oxygen atoms in total. The van der Waals surface area contributed by atoms with E-state index < -0.39 is 6.04 Å². The number of nitrogens with one attached hydrogen (secondary N) is 1. The minimum Gasteiger partial charge on any atom is -0.484 e. The van der Waals surface area contributed by atoms with Crippen molar-refractivity contribution >= 4 is 27.7 Å². The molecular formula is C30H32BrFN2O3. The highest BCUT2D eigenvalue weighted by molar-refractivity contribution is 9.10. The molecule has 0 saturated heterocycles. The second kappa shape index (κ2) is 13.4. The summed E-state index contributed by atoms with van der Waals surface area (Å²) in [6.07, 6.45) is 5.62. The lowest BCUT2D eigenvalue weighted by molar-refractivity contribution is -0.143. The van der Waals surface area contributed by atoms with Gasteiger partial charge in [0.05, 0.1) is 0 Å². The standard InChI is InChI=1S/C30H32BrFN2O3/c31-24-13-17-27(18-14-24)37-21-29(35)34(20-23-11-15-25(32)16-12-23)28(19-22-7-3-1-4-8-22)30(36)33-26-9-5-2-6-10-26/h1,3-4,7-8,11-18,26,28H,2,5-6,9-10,19-21H2,(H,33,36). The smallest absolute Gasteiger partial charge is 0.261 e. The summed E-state index contributed by atoms with van der Waals surface area (Å²) in [4.78, 5) is 28.9. The summed E-state index contributed by atoms with van der Waals surface area (Å²) in [6.45, 7) is -0.0524. The topological polar surface area (TPSA) is 58.6 Å². The maximum absolute atomic E-state index is 13.7. The van der Waals surface area contributed by atoms with Gasteiger partial charge in [-0.15, -0.1) is 0 Å². The van der Waals surface area contributed by atoms with E-state index in [4.69, 9.17) is 4.74 Å². The predicted molar refractivity (Wildman–Crippen MR) is 146 cm³/mol. The summed E-state index contributed by atoms with van der Waals surface area (Å²) in [5, 5.41) is 3.21. The second-order valence-corrected chi connectivity index (χ2v) is 10.4. The minimum atomic E-state index is -0.740. The molecule has 1 aliphatic rings. The van der Waals surface area contributed by atoms with Crippen LogP contribution >= 0.6 is 15.9 Å². The van der Waals surface area contributed by atoms with E-state index in [1.165, 1.54) is 18.6 Å². The molecule has 0 aliphatic heterocycles. The molecule has 0 heterocycles. The van der Waals surface area contributed by atoms with Gasteiger partial charge >= 0.3 is 0 Å². The van der Waals surface area contributed by atoms with Crippen LogP contribution in [0.4, 0.5) is 4.39 Å². The molecule has 1 atom stereocenters. The van der Waals surface area contributed by atoms with E-state index in [2.05, 4.69) is 21.2 Å². The molecule has 0 spiro atoms. The Morgan fingerprint density at radius 2 is 1.59 bits per heavy atom. The average Bonchev–Trinajstić information content (AvgIpc) is 2.92. The Kier molecular flexibility index (Phi) is 9.71. The molecule has 1 fully saturated rings. The Morgan fingerprint density at radius 3 is 2.27 bits per heavy atom. The van der Waals surface area contributed by atoms with Crippen molar-refractivity contribution in [2.24, 2.45) is 0 Å². The zero-order valence-corrected chi connectivity index (χ0v) is 22.3. The summed E-state index contributed by atoms with van der Waals surface area (Å²) in [6, 6.07) is 22.3. The van der Waals surface area contributed by atoms with Gasteiger partial charge in [0, 0.05) is 23.5 Å². The van der Waals surface area contributed by atoms with E-state index in [1.54, 1.807) is 29.2 Å². The maximum Gasteiger partial charge on any atom is 0.261 e. The molecule has 1 unspecified atom stereocenters. The Labute approximate surface area is 226 Å². The first kappa shape index (κ1) is 26.9. The lowest BCUT2D eigenvalue weighted by Gasteiger charge is -2.33. The van der Waals surface area contributed by atoms with Gasteiger partial charge in [-0.2, -0.15) is 0 Å². The maximum atomic E-state index is 13.7. The van der Waals surface area contributed by atoms with E-state index in [0.717, 1.165) is 41.3 Å². The number of ether oxygens (including phenoxy) is 1. The van der Waals surface area contributed by atoms with Crippen molar-refractivity contribution in [3.63, 3.8) is 0 Å². The van der Waals surface area contributed by atoms with Gasteiger partial charge in [-0.05, 0) is 60.4 Å². The van der Waals surface area contributed by atoms with E-state index in [9.17, 15) is 14.0 Å². The number of nitrogens with zero attached hydrogens (tertiary/aromatic N) is 1. The molecule has 1 N–H and O–H groups in total. The SMILES string of the molecule is O=C(NC1CCCCC1)C(Cc1ccccc1)N(Cc1ccc(F)cc1)C(=O)COc1ccc(Br)cc1. The number of halogens is 2. The molecule has 2 amide bonds. The molecule has 37 heavy (non-hydrogen) atoms. The predicted octanol–water partition coefficient (Wildman–Crippen LogP) is 6.06. The van der Waals surface area contributed by atoms with Gasteiger partial charge in [0.25, 0.3) is 5.91 Å². The fraction of sp³-hybridized carbons (Fsp3) is 0.333. The van der Waals surface area contributed by atoms with Crippen molar-refractivity contribution in [1.82, 2.24) is 10.2 Å². The van der Waals surface area contributed by atoms with E-state index in [-0.39, 0.29) is 36.8 Å². The molecular weight excluding hydrogens is 535 g/mol. The van der Waals surface area contributed by atoms with Crippen LogP contribution in [0.1, 0.15) is 43.2 Å². The van der Waals surface area contributed by atoms with Gasteiger partial charge in [0.2, 0.25) is 5.91 Å². The van der Waals surface area contributed by atoms with Crippen LogP contribution in [-0.4, -0.2) is 35.4 Å². The van der Waals surface area contributed by atoms with Crippen molar-refractivity contribution in [3.05, 3.63) is 100 Å². The highest BCUT2D eigenvalue weighted by Crippen LogP contribution is 2.21. The molecule has 0 aromatic heterocycles. The minimum absolute atomic E-state index is 0.112. The van der Waals surface area contributed by atoms with Gasteiger partial charge in [-0.25, -0.2) is 4.39 Å². The zero-order valence-electron chi connectivity index (χ0n) is 20.7. The summed E-state index contributed by atoms with van der Waals surface area (Å²) in [5.74, 6) is -0.276. The van der Waals surface area contributed by atoms with Gasteiger partial charge in [0.15, 0.2) is 6.61 Å². The quantitative estimate of drug-likeness (QED) is 0.324. The summed E-state index contributed by atoms with van der Waals surface area (Å²) >= 11 is 3.40. The van der Waals surface area contributed by atoms with Gasteiger partial charge in [0.1, 0.15) is 17.6 Å². The molecule has 1 aliphatic carbocycles. The van der Waals surface area contributed by atoms with E-state index >= 15 is 0 Å². The molecule has 7 heteroatoms. The van der Waals surface area contributed by atoms with Crippen LogP contribution in [0.3, 0.4) is 0 Å². The third-order valence-corrected chi connectivity index (χ3v) is 7.19. The molecule has 3 aromatic rings. The zero-order chi connectivity index (χ0) is 26.0. The number of benzene rings is 3. The Bertz CT molecular complexity index is 1150. The highest BCUT2D eigenvalue weighted by Gasteiger charge is 2.32. The number of carbonyl (C=O) groups is 2. The third kappa shape index (κ3) is 8.15. The van der Waals surface area contributed by atoms with Crippen LogP contribution in [0, 0.1) is 5.82 Å². The first-order valence-electron chi connectivity index (χ1n) is 12.7. The first-order valence-corrected chi connectivity index (χ1v) is 13.5. The normalized spacial score (nSPS) is 14.5. The summed E-state index contributed by atoms with van der Waals surface area (Å²) in [5.41, 5.74) is 1.69. The molecule has 4 rings (SSSR count). The average molecular weight is 567 g/mol. The molecule has 194 valence electrons. The van der Waals surface area contributed by atoms with Crippen LogP contribution in [0.15, 0.2) is 83.3 Å². The van der Waals surface area contributed by atoms with E-state index in [1.807, 2.05) is 42.5 Å². The van der Waals surface area contributed by atoms with E-state index in [0.29, 0.717) is 12.2 Å². The number of rotatable bonds is 10. The van der Waals surface area contributed by atoms with Crippen LogP contribution < -0.4 is 10.1 Å². The lowest BCUT2D eigenvalue weighted by atomic mass is 9.94. The van der Waals surface area contributed by atoms with Crippen molar-refractivity contribution in [3.8, 4) is 5.75 Å². The first-order chi connectivity index (χ1) is 18.0. The Hall–Kier alpha value is -3.19. The van der Waals surface area contributed by atoms with Crippen LogP contribution in [0.25, 0.3) is 0 Å². The van der Waals surface area contributed by atoms with Crippen LogP contribution in [-0.2, 0) is 22.6 Å². The fourth-order valence-electron chi connectivity index (χ4n) is 4.64. The van der Waals surface area contributed by atoms with Crippen LogP contribution in [0.5, 0.6) is 5.75 Å². The summed E-state index contributed by atoms with van der Waals surface area (Å²) < 4.78 is 20.3. The fourth-order valence-corrected chi connectivity index (χ4v) is 4.91. The van der Waals surface area contributed by atoms with Crippen molar-refractivity contribution in [1.29, 1.82) is 0 Å². The second-order valence-electron chi connectivity index (χ2n) is 9.44. The number of amides is 2. The Balaban J connectivity index is 1.59. The molecule has 0 radical (unpaired) electrons. The monoisotopic (exact) mass is 566 g/mol. The third-order valence-electron chi connectivity index (χ3n) is 6.66. The number of hydrogen-bond donors (Lipinski definition) is 1. The molecule has 3 aromatic carbocycles. The van der Waals surface area contributed by atoms with Crippen molar-refractivity contribution in [2.45, 2.75) is 57.2 Å². The number of hydrogen-bond acceptors (Lipinski definition) is 3. The van der Waals surface area contributed by atoms with Crippen molar-refractivity contribution in [2.75, 3.05) is 6.61 Å². The molecule has 1 saturated carbocycles. The van der Waals surface area contributed by atoms with Crippen LogP contribution in [0.2, 0.25) is 0 Å². The molecule has 0 bridgehead atoms. The van der Waals surface area contributed by atoms with Gasteiger partial charge in [-0.1, -0.05) is 77.7 Å². The van der Waals surface area contributed by atoms with Gasteiger partial charge in [-0.3, -0.25) is 9.59 Å². The highest BCUT2D eigenvalue weighted by atomic mass is 79.9. The largest absolute Gasteiger partial charge is 0.484 e. The van der Waals surface area contributed by atoms with Crippen molar-refractivity contribution < 1.29 is 18.7 Å². The van der Waals surface area contributed by atoms with Gasteiger partial charge < -0.3 is 15.0 Å². The Morgan fingerprint density at radius 1 is 0.919 bits per heavy atom.